The number of halogens is 2. The van der Waals surface area contributed by atoms with E-state index < -0.39 is 12.5 Å². The zero-order chi connectivity index (χ0) is 21.7. The van der Waals surface area contributed by atoms with Crippen molar-refractivity contribution in [1.29, 1.82) is 0 Å². The van der Waals surface area contributed by atoms with E-state index in [1.54, 1.807) is 26.0 Å². The molecule has 0 saturated heterocycles. The van der Waals surface area contributed by atoms with Gasteiger partial charge in [0.15, 0.2) is 0 Å². The number of hydrogen-bond acceptors (Lipinski definition) is 8. The Morgan fingerprint density at radius 1 is 1.37 bits per heavy atom. The molecule has 0 atom stereocenters. The minimum absolute atomic E-state index is 0.00347. The van der Waals surface area contributed by atoms with Crippen LogP contribution < -0.4 is 10.1 Å². The van der Waals surface area contributed by atoms with Crippen molar-refractivity contribution in [3.05, 3.63) is 47.5 Å². The molecule has 11 heteroatoms. The van der Waals surface area contributed by atoms with Crippen molar-refractivity contribution in [3.63, 3.8) is 0 Å². The largest absolute Gasteiger partial charge is 0.461 e. The lowest BCUT2D eigenvalue weighted by atomic mass is 10.1. The molecular weight excluding hydrogens is 418 g/mol. The lowest BCUT2D eigenvalue weighted by Crippen LogP contribution is -2.12. The average Bonchev–Trinajstić information content (AvgIpc) is 3.28. The Bertz CT molecular complexity index is 1060. The summed E-state index contributed by atoms with van der Waals surface area (Å²) in [6.07, 6.45) is 0.395. The molecule has 1 aromatic carbocycles. The number of carbonyl (C=O) groups excluding carboxylic acids is 1. The summed E-state index contributed by atoms with van der Waals surface area (Å²) in [7, 11) is 1.45. The molecule has 0 fully saturated rings. The monoisotopic (exact) mass is 436 g/mol. The molecule has 0 radical (unpaired) electrons. The number of furan rings is 1. The fraction of sp³-hybridized carbons (Fsp3) is 0.263. The van der Waals surface area contributed by atoms with Gasteiger partial charge < -0.3 is 14.0 Å². The molecule has 0 bridgehead atoms. The average molecular weight is 436 g/mol. The molecule has 0 aliphatic rings. The molecule has 1 N–H and O–H groups in total. The number of aromatic nitrogens is 2. The van der Waals surface area contributed by atoms with E-state index in [0.717, 1.165) is 11.5 Å². The molecule has 1 amide bonds. The van der Waals surface area contributed by atoms with Gasteiger partial charge in [-0.15, -0.1) is 0 Å². The topological polar surface area (TPSA) is 98.8 Å². The molecule has 0 unspecified atom stereocenters. The van der Waals surface area contributed by atoms with Gasteiger partial charge in [0, 0.05) is 17.1 Å². The van der Waals surface area contributed by atoms with Gasteiger partial charge >= 0.3 is 6.61 Å². The molecule has 2 aromatic heterocycles. The van der Waals surface area contributed by atoms with Crippen LogP contribution in [0.25, 0.3) is 11.3 Å². The van der Waals surface area contributed by atoms with E-state index in [1.807, 2.05) is 0 Å². The summed E-state index contributed by atoms with van der Waals surface area (Å²) in [5, 5.41) is 6.80. The van der Waals surface area contributed by atoms with Gasteiger partial charge in [-0.2, -0.15) is 13.2 Å². The summed E-state index contributed by atoms with van der Waals surface area (Å²) in [5.41, 5.74) is 1.49. The predicted molar refractivity (Wildman–Crippen MR) is 107 cm³/mol. The molecule has 3 aromatic rings. The van der Waals surface area contributed by atoms with Gasteiger partial charge in [-0.05, 0) is 32.0 Å². The summed E-state index contributed by atoms with van der Waals surface area (Å²) >= 11 is 1.04. The van der Waals surface area contributed by atoms with Crippen LogP contribution in [0.4, 0.5) is 13.9 Å². The van der Waals surface area contributed by atoms with E-state index in [4.69, 9.17) is 9.25 Å². The van der Waals surface area contributed by atoms with Crippen molar-refractivity contribution in [3.8, 4) is 17.1 Å². The number of hydrogen-bond donors (Lipinski definition) is 1. The van der Waals surface area contributed by atoms with Crippen LogP contribution in [0.15, 0.2) is 39.9 Å². The zero-order valence-corrected chi connectivity index (χ0v) is 17.1. The Kier molecular flexibility index (Phi) is 6.72. The van der Waals surface area contributed by atoms with E-state index in [2.05, 4.69) is 24.6 Å². The van der Waals surface area contributed by atoms with Crippen molar-refractivity contribution in [2.24, 2.45) is 5.16 Å². The summed E-state index contributed by atoms with van der Waals surface area (Å²) in [6, 6.07) is 7.57. The van der Waals surface area contributed by atoms with E-state index in [0.29, 0.717) is 45.7 Å². The first-order valence-electron chi connectivity index (χ1n) is 8.72. The van der Waals surface area contributed by atoms with Gasteiger partial charge in [-0.1, -0.05) is 17.3 Å². The fourth-order valence-electron chi connectivity index (χ4n) is 2.63. The van der Waals surface area contributed by atoms with Crippen molar-refractivity contribution in [2.75, 3.05) is 12.4 Å². The second-order valence-electron chi connectivity index (χ2n) is 6.14. The van der Waals surface area contributed by atoms with Gasteiger partial charge in [0.2, 0.25) is 5.13 Å². The Hall–Kier alpha value is -3.34. The number of carbonyl (C=O) groups is 1. The Labute approximate surface area is 174 Å². The van der Waals surface area contributed by atoms with Crippen LogP contribution in [0.3, 0.4) is 0 Å². The number of anilines is 1. The molecule has 0 saturated carbocycles. The molecule has 2 heterocycles. The van der Waals surface area contributed by atoms with Gasteiger partial charge in [-0.25, -0.2) is 4.98 Å². The minimum atomic E-state index is -2.93. The summed E-state index contributed by atoms with van der Waals surface area (Å²) < 4.78 is 39.1. The lowest BCUT2D eigenvalue weighted by Gasteiger charge is -2.05. The van der Waals surface area contributed by atoms with Crippen molar-refractivity contribution >= 4 is 28.3 Å². The van der Waals surface area contributed by atoms with Crippen molar-refractivity contribution < 1.29 is 27.6 Å². The maximum Gasteiger partial charge on any atom is 0.387 e. The summed E-state index contributed by atoms with van der Waals surface area (Å²) in [6.45, 7) is 0.482. The molecule has 0 aliphatic carbocycles. The standard InChI is InChI=1S/C19H18F2N4O4S/c1-10(24-27-3)7-16-22-19(30-25-16)23-17(26)14-9-15(28-11(14)2)12-5-4-6-13(8-12)29-18(20)21/h4-6,8-9,18H,7H2,1-3H3,(H,22,23,25,26). The van der Waals surface area contributed by atoms with Crippen LogP contribution in [-0.2, 0) is 11.3 Å². The highest BCUT2D eigenvalue weighted by atomic mass is 32.1. The van der Waals surface area contributed by atoms with E-state index in [-0.39, 0.29) is 5.75 Å². The number of amides is 1. The van der Waals surface area contributed by atoms with Gasteiger partial charge in [0.05, 0.1) is 17.7 Å². The number of alkyl halides is 2. The Morgan fingerprint density at radius 3 is 2.90 bits per heavy atom. The molecular formula is C19H18F2N4O4S. The number of nitrogens with zero attached hydrogens (tertiary/aromatic N) is 3. The third-order valence-corrected chi connectivity index (χ3v) is 4.52. The second kappa shape index (κ2) is 9.44. The Morgan fingerprint density at radius 2 is 2.17 bits per heavy atom. The maximum absolute atomic E-state index is 12.6. The molecule has 158 valence electrons. The molecule has 0 aliphatic heterocycles. The zero-order valence-electron chi connectivity index (χ0n) is 16.3. The third-order valence-electron chi connectivity index (χ3n) is 3.86. The lowest BCUT2D eigenvalue weighted by molar-refractivity contribution is -0.0498. The highest BCUT2D eigenvalue weighted by Gasteiger charge is 2.18. The summed E-state index contributed by atoms with van der Waals surface area (Å²) in [4.78, 5) is 21.6. The summed E-state index contributed by atoms with van der Waals surface area (Å²) in [5.74, 6) is 0.801. The van der Waals surface area contributed by atoms with Gasteiger partial charge in [-0.3, -0.25) is 10.1 Å². The number of aryl methyl sites for hydroxylation is 1. The first-order valence-corrected chi connectivity index (χ1v) is 9.49. The van der Waals surface area contributed by atoms with E-state index in [9.17, 15) is 13.6 Å². The number of nitrogens with one attached hydrogen (secondary N) is 1. The Balaban J connectivity index is 1.73. The maximum atomic E-state index is 12.6. The number of ether oxygens (including phenoxy) is 1. The third kappa shape index (κ3) is 5.38. The number of rotatable bonds is 8. The molecule has 8 nitrogen and oxygen atoms in total. The van der Waals surface area contributed by atoms with Crippen molar-refractivity contribution in [2.45, 2.75) is 26.9 Å². The normalized spacial score (nSPS) is 11.6. The molecule has 0 spiro atoms. The minimum Gasteiger partial charge on any atom is -0.461 e. The highest BCUT2D eigenvalue weighted by molar-refractivity contribution is 7.09. The second-order valence-corrected chi connectivity index (χ2v) is 6.89. The van der Waals surface area contributed by atoms with Crippen molar-refractivity contribution in [1.82, 2.24) is 9.36 Å². The van der Waals surface area contributed by atoms with Crippen LogP contribution >= 0.6 is 11.5 Å². The van der Waals surface area contributed by atoms with E-state index in [1.165, 1.54) is 25.3 Å². The molecule has 3 rings (SSSR count). The quantitative estimate of drug-likeness (QED) is 0.412. The first-order chi connectivity index (χ1) is 14.4. The molecule has 30 heavy (non-hydrogen) atoms. The van der Waals surface area contributed by atoms with Crippen LogP contribution in [0.1, 0.15) is 28.9 Å². The van der Waals surface area contributed by atoms with Crippen LogP contribution in [-0.4, -0.2) is 34.7 Å². The first kappa shape index (κ1) is 21.4. The predicted octanol–water partition coefficient (Wildman–Crippen LogP) is 4.53. The van der Waals surface area contributed by atoms with Gasteiger partial charge in [0.25, 0.3) is 5.91 Å². The number of oxime groups is 1. The smallest absolute Gasteiger partial charge is 0.387 e. The highest BCUT2D eigenvalue weighted by Crippen LogP contribution is 2.29. The van der Waals surface area contributed by atoms with Crippen LogP contribution in [0, 0.1) is 6.92 Å². The van der Waals surface area contributed by atoms with E-state index >= 15 is 0 Å². The SMILES string of the molecule is CON=C(C)Cc1nsc(NC(=O)c2cc(-c3cccc(OC(F)F)c3)oc2C)n1. The van der Waals surface area contributed by atoms with Gasteiger partial charge in [0.1, 0.15) is 30.2 Å². The fourth-order valence-corrected chi connectivity index (χ4v) is 3.22. The van der Waals surface area contributed by atoms with Crippen LogP contribution in [0.5, 0.6) is 5.75 Å². The number of benzene rings is 1. The van der Waals surface area contributed by atoms with Crippen LogP contribution in [0.2, 0.25) is 0 Å².